The van der Waals surface area contributed by atoms with Crippen LogP contribution in [0.3, 0.4) is 0 Å². The Labute approximate surface area is 293 Å². The Morgan fingerprint density at radius 1 is 0.380 bits per heavy atom. The second-order valence-electron chi connectivity index (χ2n) is 12.0. The van der Waals surface area contributed by atoms with Gasteiger partial charge in [-0.3, -0.25) is 9.97 Å². The highest BCUT2D eigenvalue weighted by molar-refractivity contribution is 5.74. The van der Waals surface area contributed by atoms with Crippen molar-refractivity contribution in [1.82, 2.24) is 9.97 Å². The first-order valence-corrected chi connectivity index (χ1v) is 16.2. The molecule has 0 bridgehead atoms. The molecular weight excluding hydrogens is 617 g/mol. The van der Waals surface area contributed by atoms with E-state index in [1.807, 2.05) is 162 Å². The Morgan fingerprint density at radius 2 is 0.680 bits per heavy atom. The van der Waals surface area contributed by atoms with Crippen molar-refractivity contribution < 1.29 is 0 Å². The minimum Gasteiger partial charge on any atom is -0.378 e. The smallest absolute Gasteiger partial charge is 0.0892 e. The maximum Gasteiger partial charge on any atom is 0.0892 e. The molecule has 50 heavy (non-hydrogen) atoms. The van der Waals surface area contributed by atoms with Gasteiger partial charge in [0, 0.05) is 52.0 Å². The van der Waals surface area contributed by atoms with Crippen LogP contribution < -0.4 is 9.80 Å². The lowest BCUT2D eigenvalue weighted by Gasteiger charge is -2.11. The number of azo groups is 2. The lowest BCUT2D eigenvalue weighted by atomic mass is 10.1. The molecule has 0 aliphatic heterocycles. The minimum absolute atomic E-state index is 0.798. The lowest BCUT2D eigenvalue weighted by molar-refractivity contribution is 1.13. The molecule has 0 fully saturated rings. The highest BCUT2D eigenvalue weighted by atomic mass is 15.1. The highest BCUT2D eigenvalue weighted by Crippen LogP contribution is 2.25. The summed E-state index contributed by atoms with van der Waals surface area (Å²) in [6.45, 7) is 0. The summed E-state index contributed by atoms with van der Waals surface area (Å²) in [6, 6.07) is 40.0. The summed E-state index contributed by atoms with van der Waals surface area (Å²) in [5.74, 6) is 0. The second-order valence-corrected chi connectivity index (χ2v) is 12.0. The molecule has 0 unspecified atom stereocenters. The van der Waals surface area contributed by atoms with Crippen LogP contribution in [0.5, 0.6) is 0 Å². The Kier molecular flexibility index (Phi) is 10.7. The van der Waals surface area contributed by atoms with Gasteiger partial charge in [-0.15, -0.1) is 0 Å². The van der Waals surface area contributed by atoms with Gasteiger partial charge in [0.05, 0.1) is 34.1 Å². The van der Waals surface area contributed by atoms with Crippen molar-refractivity contribution in [3.8, 4) is 11.4 Å². The van der Waals surface area contributed by atoms with Crippen LogP contribution in [-0.2, 0) is 0 Å². The molecular formula is C42H38N8. The predicted molar refractivity (Wildman–Crippen MR) is 208 cm³/mol. The van der Waals surface area contributed by atoms with Gasteiger partial charge in [0.15, 0.2) is 0 Å². The zero-order valence-electron chi connectivity index (χ0n) is 28.6. The molecule has 8 heteroatoms. The van der Waals surface area contributed by atoms with Gasteiger partial charge in [-0.25, -0.2) is 0 Å². The van der Waals surface area contributed by atoms with Crippen LogP contribution in [0.1, 0.15) is 22.3 Å². The van der Waals surface area contributed by atoms with E-state index in [0.29, 0.717) is 0 Å². The van der Waals surface area contributed by atoms with Crippen molar-refractivity contribution in [1.29, 1.82) is 0 Å². The quantitative estimate of drug-likeness (QED) is 0.130. The molecule has 0 aliphatic rings. The minimum atomic E-state index is 0.798. The van der Waals surface area contributed by atoms with E-state index in [9.17, 15) is 0 Å². The van der Waals surface area contributed by atoms with Crippen LogP contribution in [0, 0.1) is 0 Å². The molecule has 0 saturated heterocycles. The SMILES string of the molecule is CN(C)c1ccc(N=Nc2ccc(/C=C/c3ccnc(-c4cc(/C=C/c5ccc(N=Nc6ccc(N(C)C)cc6)cc5)ccn4)c3)cc2)cc1. The zero-order chi connectivity index (χ0) is 34.7. The van der Waals surface area contributed by atoms with Gasteiger partial charge < -0.3 is 9.80 Å². The molecule has 6 rings (SSSR count). The molecule has 246 valence electrons. The van der Waals surface area contributed by atoms with Crippen molar-refractivity contribution in [2.75, 3.05) is 38.0 Å². The lowest BCUT2D eigenvalue weighted by Crippen LogP contribution is -2.07. The van der Waals surface area contributed by atoms with E-state index in [1.54, 1.807) is 0 Å². The maximum absolute atomic E-state index is 4.59. The zero-order valence-corrected chi connectivity index (χ0v) is 28.6. The Morgan fingerprint density at radius 3 is 1.00 bits per heavy atom. The number of benzene rings is 4. The fourth-order valence-corrected chi connectivity index (χ4v) is 4.94. The number of hydrogen-bond donors (Lipinski definition) is 0. The van der Waals surface area contributed by atoms with Crippen LogP contribution in [0.25, 0.3) is 35.7 Å². The first-order chi connectivity index (χ1) is 24.4. The summed E-state index contributed by atoms with van der Waals surface area (Å²) in [5, 5.41) is 17.5. The third kappa shape index (κ3) is 9.29. The molecule has 0 N–H and O–H groups in total. The number of rotatable bonds is 11. The standard InChI is InChI=1S/C42H38N8/c1-49(2)39-21-17-37(18-22-39)47-45-35-13-9-31(10-14-35)5-7-33-25-27-43-41(29-33)42-30-34(26-28-44-42)8-6-32-11-15-36(16-12-32)46-48-38-19-23-40(24-20-38)50(3)4/h5-30H,1-4H3/b7-5+,8-6+,47-45?,48-46?. The molecule has 0 atom stereocenters. The number of hydrogen-bond acceptors (Lipinski definition) is 8. The third-order valence-corrected chi connectivity index (χ3v) is 7.85. The summed E-state index contributed by atoms with van der Waals surface area (Å²) in [4.78, 5) is 13.3. The fraction of sp³-hybridized carbons (Fsp3) is 0.0952. The van der Waals surface area contributed by atoms with E-state index in [0.717, 1.165) is 67.8 Å². The fourth-order valence-electron chi connectivity index (χ4n) is 4.94. The number of nitrogens with zero attached hydrogens (tertiary/aromatic N) is 8. The normalized spacial score (nSPS) is 11.7. The van der Waals surface area contributed by atoms with Crippen LogP contribution >= 0.6 is 0 Å². The highest BCUT2D eigenvalue weighted by Gasteiger charge is 2.03. The van der Waals surface area contributed by atoms with Crippen molar-refractivity contribution in [2.45, 2.75) is 0 Å². The van der Waals surface area contributed by atoms with Crippen molar-refractivity contribution in [3.63, 3.8) is 0 Å². The number of aromatic nitrogens is 2. The molecule has 0 radical (unpaired) electrons. The average molecular weight is 655 g/mol. The van der Waals surface area contributed by atoms with Crippen LogP contribution in [0.2, 0.25) is 0 Å². The van der Waals surface area contributed by atoms with E-state index in [4.69, 9.17) is 0 Å². The van der Waals surface area contributed by atoms with E-state index in [1.165, 1.54) is 0 Å². The van der Waals surface area contributed by atoms with Gasteiger partial charge in [-0.1, -0.05) is 48.6 Å². The number of anilines is 2. The summed E-state index contributed by atoms with van der Waals surface area (Å²) < 4.78 is 0. The molecule has 2 aromatic heterocycles. The maximum atomic E-state index is 4.59. The van der Waals surface area contributed by atoms with Gasteiger partial charge in [-0.05, 0) is 119 Å². The molecule has 0 spiro atoms. The van der Waals surface area contributed by atoms with E-state index >= 15 is 0 Å². The Bertz CT molecular complexity index is 1970. The molecule has 4 aromatic carbocycles. The monoisotopic (exact) mass is 654 g/mol. The van der Waals surface area contributed by atoms with Gasteiger partial charge in [0.25, 0.3) is 0 Å². The molecule has 2 heterocycles. The summed E-state index contributed by atoms with van der Waals surface area (Å²) >= 11 is 0. The molecule has 0 saturated carbocycles. The van der Waals surface area contributed by atoms with Crippen LogP contribution in [0.4, 0.5) is 34.1 Å². The third-order valence-electron chi connectivity index (χ3n) is 7.85. The predicted octanol–water partition coefficient (Wildman–Crippen LogP) is 11.4. The molecule has 0 amide bonds. The van der Waals surface area contributed by atoms with E-state index in [2.05, 4.69) is 64.5 Å². The van der Waals surface area contributed by atoms with Gasteiger partial charge in [0.2, 0.25) is 0 Å². The van der Waals surface area contributed by atoms with Crippen molar-refractivity contribution in [2.24, 2.45) is 20.5 Å². The van der Waals surface area contributed by atoms with Crippen LogP contribution in [0.15, 0.2) is 154 Å². The Balaban J connectivity index is 1.06. The summed E-state index contributed by atoms with van der Waals surface area (Å²) in [6.07, 6.45) is 11.9. The van der Waals surface area contributed by atoms with Gasteiger partial charge >= 0.3 is 0 Å². The molecule has 6 aromatic rings. The van der Waals surface area contributed by atoms with Crippen molar-refractivity contribution >= 4 is 58.4 Å². The molecule has 0 aliphatic carbocycles. The Hall–Kier alpha value is -6.54. The summed E-state index contributed by atoms with van der Waals surface area (Å²) in [5.41, 5.74) is 11.3. The second kappa shape index (κ2) is 16.0. The van der Waals surface area contributed by atoms with E-state index in [-0.39, 0.29) is 0 Å². The van der Waals surface area contributed by atoms with Crippen LogP contribution in [-0.4, -0.2) is 38.2 Å². The average Bonchev–Trinajstić information content (AvgIpc) is 3.16. The first kappa shape index (κ1) is 33.4. The van der Waals surface area contributed by atoms with Gasteiger partial charge in [-0.2, -0.15) is 20.5 Å². The largest absolute Gasteiger partial charge is 0.378 e. The molecule has 8 nitrogen and oxygen atoms in total. The first-order valence-electron chi connectivity index (χ1n) is 16.2. The van der Waals surface area contributed by atoms with E-state index < -0.39 is 0 Å². The summed E-state index contributed by atoms with van der Waals surface area (Å²) in [7, 11) is 8.06. The topological polar surface area (TPSA) is 81.7 Å². The van der Waals surface area contributed by atoms with Crippen molar-refractivity contribution in [3.05, 3.63) is 156 Å². The number of pyridine rings is 2. The van der Waals surface area contributed by atoms with Gasteiger partial charge in [0.1, 0.15) is 0 Å².